The highest BCUT2D eigenvalue weighted by Crippen LogP contribution is 2.28. The van der Waals surface area contributed by atoms with E-state index in [9.17, 15) is 9.59 Å². The van der Waals surface area contributed by atoms with Crippen LogP contribution in [0, 0.1) is 27.7 Å². The summed E-state index contributed by atoms with van der Waals surface area (Å²) < 4.78 is 1.30. The Labute approximate surface area is 134 Å². The molecule has 0 saturated carbocycles. The van der Waals surface area contributed by atoms with Crippen molar-refractivity contribution >= 4 is 16.7 Å². The third-order valence-corrected chi connectivity index (χ3v) is 4.57. The van der Waals surface area contributed by atoms with Crippen molar-refractivity contribution in [3.8, 4) is 0 Å². The van der Waals surface area contributed by atoms with E-state index in [0.29, 0.717) is 5.56 Å². The van der Waals surface area contributed by atoms with Gasteiger partial charge < -0.3 is 5.10 Å². The van der Waals surface area contributed by atoms with E-state index < -0.39 is 0 Å². The molecule has 0 unspecified atom stereocenters. The van der Waals surface area contributed by atoms with Gasteiger partial charge in [-0.2, -0.15) is 0 Å². The van der Waals surface area contributed by atoms with E-state index >= 15 is 0 Å². The minimum absolute atomic E-state index is 0.148. The summed E-state index contributed by atoms with van der Waals surface area (Å²) in [6.45, 7) is 7.95. The number of carbonyl (C=O) groups is 1. The zero-order valence-electron chi connectivity index (χ0n) is 13.9. The zero-order chi connectivity index (χ0) is 16.9. The highest BCUT2D eigenvalue weighted by molar-refractivity contribution is 6.16. The zero-order valence-corrected chi connectivity index (χ0v) is 13.9. The van der Waals surface area contributed by atoms with Crippen molar-refractivity contribution in [3.63, 3.8) is 0 Å². The quantitative estimate of drug-likeness (QED) is 0.740. The number of ketones is 1. The molecule has 2 heterocycles. The molecule has 0 aliphatic heterocycles. The Morgan fingerprint density at radius 3 is 2.39 bits per heavy atom. The molecule has 0 aliphatic carbocycles. The summed E-state index contributed by atoms with van der Waals surface area (Å²) in [5, 5.41) is 3.58. The first-order chi connectivity index (χ1) is 10.8. The number of fused-ring (bicyclic) bond motifs is 1. The maximum atomic E-state index is 12.9. The lowest BCUT2D eigenvalue weighted by atomic mass is 9.93. The fourth-order valence-electron chi connectivity index (χ4n) is 2.89. The van der Waals surface area contributed by atoms with Crippen molar-refractivity contribution in [1.29, 1.82) is 0 Å². The van der Waals surface area contributed by atoms with Crippen LogP contribution in [0.2, 0.25) is 0 Å². The standard InChI is InChI=1S/C18H19N3O2/c1-9-6-7-13(17(22)14-8-19-21(5)18(14)23)15-11(3)10(2)12(4)20-16(9)15/h6-8,19H,1-5H3. The molecular weight excluding hydrogens is 290 g/mol. The number of rotatable bonds is 2. The summed E-state index contributed by atoms with van der Waals surface area (Å²) in [7, 11) is 1.59. The van der Waals surface area contributed by atoms with Crippen LogP contribution in [0.1, 0.15) is 38.3 Å². The third-order valence-electron chi connectivity index (χ3n) is 4.57. The first kappa shape index (κ1) is 15.2. The van der Waals surface area contributed by atoms with Crippen LogP contribution in [0.5, 0.6) is 0 Å². The van der Waals surface area contributed by atoms with Gasteiger partial charge in [0.25, 0.3) is 5.56 Å². The first-order valence-corrected chi connectivity index (χ1v) is 7.49. The van der Waals surface area contributed by atoms with Gasteiger partial charge in [0.05, 0.1) is 5.52 Å². The van der Waals surface area contributed by atoms with Gasteiger partial charge in [-0.3, -0.25) is 19.3 Å². The molecule has 0 bridgehead atoms. The number of aryl methyl sites for hydroxylation is 4. The molecule has 0 radical (unpaired) electrons. The second-order valence-electron chi connectivity index (χ2n) is 5.98. The second-order valence-corrected chi connectivity index (χ2v) is 5.98. The fourth-order valence-corrected chi connectivity index (χ4v) is 2.89. The number of nitrogens with zero attached hydrogens (tertiary/aromatic N) is 2. The molecule has 0 fully saturated rings. The predicted octanol–water partition coefficient (Wildman–Crippen LogP) is 2.73. The summed E-state index contributed by atoms with van der Waals surface area (Å²) in [5.74, 6) is -0.273. The van der Waals surface area contributed by atoms with E-state index in [-0.39, 0.29) is 16.9 Å². The minimum Gasteiger partial charge on any atom is -0.302 e. The lowest BCUT2D eigenvalue weighted by Gasteiger charge is -2.13. The Hall–Kier alpha value is -2.69. The Bertz CT molecular complexity index is 1010. The largest absolute Gasteiger partial charge is 0.302 e. The van der Waals surface area contributed by atoms with Crippen LogP contribution in [0.4, 0.5) is 0 Å². The average Bonchev–Trinajstić information content (AvgIpc) is 2.85. The molecule has 3 rings (SSSR count). The van der Waals surface area contributed by atoms with Crippen molar-refractivity contribution in [2.75, 3.05) is 0 Å². The highest BCUT2D eigenvalue weighted by atomic mass is 16.2. The molecule has 1 aromatic carbocycles. The van der Waals surface area contributed by atoms with E-state index in [1.54, 1.807) is 13.1 Å². The van der Waals surface area contributed by atoms with Gasteiger partial charge in [0, 0.05) is 29.9 Å². The normalized spacial score (nSPS) is 11.2. The number of pyridine rings is 1. The number of nitrogens with one attached hydrogen (secondary N) is 1. The van der Waals surface area contributed by atoms with E-state index in [1.807, 2.05) is 33.8 Å². The Kier molecular flexibility index (Phi) is 3.43. The molecule has 1 N–H and O–H groups in total. The average molecular weight is 309 g/mol. The summed E-state index contributed by atoms with van der Waals surface area (Å²) in [4.78, 5) is 29.6. The predicted molar refractivity (Wildman–Crippen MR) is 90.2 cm³/mol. The number of aromatic amines is 1. The number of H-pyrrole nitrogens is 1. The Morgan fingerprint density at radius 1 is 1.09 bits per heavy atom. The van der Waals surface area contributed by atoms with E-state index in [2.05, 4.69) is 10.1 Å². The van der Waals surface area contributed by atoms with E-state index in [0.717, 1.165) is 33.3 Å². The number of hydrogen-bond donors (Lipinski definition) is 1. The molecule has 0 spiro atoms. The van der Waals surface area contributed by atoms with Crippen LogP contribution in [0.3, 0.4) is 0 Å². The van der Waals surface area contributed by atoms with Gasteiger partial charge in [0.2, 0.25) is 5.78 Å². The van der Waals surface area contributed by atoms with Crippen LogP contribution >= 0.6 is 0 Å². The first-order valence-electron chi connectivity index (χ1n) is 7.49. The number of carbonyl (C=O) groups excluding carboxylic acids is 1. The van der Waals surface area contributed by atoms with Crippen LogP contribution in [0.25, 0.3) is 10.9 Å². The SMILES string of the molecule is Cc1nc2c(C)ccc(C(=O)c3c[nH]n(C)c3=O)c2c(C)c1C. The summed E-state index contributed by atoms with van der Waals surface area (Å²) in [5.41, 5.74) is 5.25. The smallest absolute Gasteiger partial charge is 0.277 e. The maximum absolute atomic E-state index is 12.9. The number of hydrogen-bond acceptors (Lipinski definition) is 3. The summed E-state index contributed by atoms with van der Waals surface area (Å²) in [6, 6.07) is 3.67. The fraction of sp³-hybridized carbons (Fsp3) is 0.278. The Balaban J connectivity index is 2.37. The van der Waals surface area contributed by atoms with Crippen molar-refractivity contribution in [2.45, 2.75) is 27.7 Å². The van der Waals surface area contributed by atoms with Gasteiger partial charge in [-0.25, -0.2) is 0 Å². The van der Waals surface area contributed by atoms with Crippen LogP contribution in [0.15, 0.2) is 23.1 Å². The van der Waals surface area contributed by atoms with Gasteiger partial charge in [-0.1, -0.05) is 6.07 Å². The lowest BCUT2D eigenvalue weighted by Crippen LogP contribution is -2.19. The van der Waals surface area contributed by atoms with Crippen LogP contribution in [-0.2, 0) is 7.05 Å². The van der Waals surface area contributed by atoms with E-state index in [1.165, 1.54) is 10.9 Å². The van der Waals surface area contributed by atoms with Crippen LogP contribution < -0.4 is 5.56 Å². The van der Waals surface area contributed by atoms with E-state index in [4.69, 9.17) is 0 Å². The molecule has 5 heteroatoms. The second kappa shape index (κ2) is 5.19. The molecule has 0 aliphatic rings. The van der Waals surface area contributed by atoms with Gasteiger partial charge in [-0.05, 0) is 50.5 Å². The van der Waals surface area contributed by atoms with Crippen molar-refractivity contribution in [2.24, 2.45) is 7.05 Å². The monoisotopic (exact) mass is 309 g/mol. The summed E-state index contributed by atoms with van der Waals surface area (Å²) in [6.07, 6.45) is 1.46. The molecule has 118 valence electrons. The van der Waals surface area contributed by atoms with Gasteiger partial charge in [-0.15, -0.1) is 0 Å². The van der Waals surface area contributed by atoms with Crippen molar-refractivity contribution in [1.82, 2.24) is 14.8 Å². The molecular formula is C18H19N3O2. The highest BCUT2D eigenvalue weighted by Gasteiger charge is 2.21. The van der Waals surface area contributed by atoms with Gasteiger partial charge >= 0.3 is 0 Å². The minimum atomic E-state index is -0.321. The van der Waals surface area contributed by atoms with Crippen molar-refractivity contribution in [3.05, 3.63) is 62.2 Å². The topological polar surface area (TPSA) is 67.8 Å². The third kappa shape index (κ3) is 2.20. The number of aromatic nitrogens is 3. The summed E-state index contributed by atoms with van der Waals surface area (Å²) >= 11 is 0. The molecule has 5 nitrogen and oxygen atoms in total. The van der Waals surface area contributed by atoms with Gasteiger partial charge in [0.1, 0.15) is 5.56 Å². The molecule has 0 amide bonds. The molecule has 0 atom stereocenters. The van der Waals surface area contributed by atoms with Crippen molar-refractivity contribution < 1.29 is 4.79 Å². The van der Waals surface area contributed by atoms with Crippen LogP contribution in [-0.4, -0.2) is 20.5 Å². The lowest BCUT2D eigenvalue weighted by molar-refractivity contribution is 0.103. The molecule has 3 aromatic rings. The van der Waals surface area contributed by atoms with Gasteiger partial charge in [0.15, 0.2) is 0 Å². The molecule has 23 heavy (non-hydrogen) atoms. The number of benzene rings is 1. The maximum Gasteiger partial charge on any atom is 0.277 e. The molecule has 2 aromatic heterocycles. The Morgan fingerprint density at radius 2 is 1.78 bits per heavy atom. The molecule has 0 saturated heterocycles.